The molecule has 0 fully saturated rings. The standard InChI is InChI=1S/C15H14ClF2NS/c16-11-5-6-13(17)10(7-11)8-12(19)9-20-15-4-2-1-3-14(15)18/h1-7,12H,8-9,19H2. The molecule has 0 bridgehead atoms. The minimum atomic E-state index is -0.319. The van der Waals surface area contributed by atoms with Crippen molar-refractivity contribution in [1.82, 2.24) is 0 Å². The molecular weight excluding hydrogens is 300 g/mol. The zero-order chi connectivity index (χ0) is 14.5. The van der Waals surface area contributed by atoms with Crippen LogP contribution < -0.4 is 5.73 Å². The summed E-state index contributed by atoms with van der Waals surface area (Å²) in [7, 11) is 0. The first-order chi connectivity index (χ1) is 9.56. The van der Waals surface area contributed by atoms with Crippen molar-refractivity contribution >= 4 is 23.4 Å². The molecule has 1 atom stereocenters. The molecule has 0 saturated heterocycles. The van der Waals surface area contributed by atoms with Gasteiger partial charge in [-0.15, -0.1) is 11.8 Å². The Balaban J connectivity index is 1.94. The smallest absolute Gasteiger partial charge is 0.136 e. The van der Waals surface area contributed by atoms with Gasteiger partial charge in [0.25, 0.3) is 0 Å². The van der Waals surface area contributed by atoms with Gasteiger partial charge in [-0.05, 0) is 42.3 Å². The van der Waals surface area contributed by atoms with E-state index in [1.165, 1.54) is 30.0 Å². The molecule has 0 aliphatic rings. The summed E-state index contributed by atoms with van der Waals surface area (Å²) in [5.41, 5.74) is 6.45. The van der Waals surface area contributed by atoms with Crippen molar-refractivity contribution in [2.75, 3.05) is 5.75 Å². The number of benzene rings is 2. The van der Waals surface area contributed by atoms with Gasteiger partial charge >= 0.3 is 0 Å². The van der Waals surface area contributed by atoms with Gasteiger partial charge in [0.05, 0.1) is 0 Å². The molecule has 0 heterocycles. The Morgan fingerprint density at radius 2 is 1.85 bits per heavy atom. The lowest BCUT2D eigenvalue weighted by molar-refractivity contribution is 0.595. The van der Waals surface area contributed by atoms with Gasteiger partial charge < -0.3 is 5.73 Å². The van der Waals surface area contributed by atoms with Gasteiger partial charge in [0, 0.05) is 21.7 Å². The minimum Gasteiger partial charge on any atom is -0.327 e. The summed E-state index contributed by atoms with van der Waals surface area (Å²) in [4.78, 5) is 0.550. The summed E-state index contributed by atoms with van der Waals surface area (Å²) in [6, 6.07) is 10.7. The van der Waals surface area contributed by atoms with Crippen molar-refractivity contribution in [3.05, 3.63) is 64.7 Å². The Hall–Kier alpha value is -1.10. The lowest BCUT2D eigenvalue weighted by Gasteiger charge is -2.12. The Labute approximate surface area is 126 Å². The highest BCUT2D eigenvalue weighted by molar-refractivity contribution is 7.99. The van der Waals surface area contributed by atoms with Crippen LogP contribution in [0.1, 0.15) is 5.56 Å². The number of rotatable bonds is 5. The summed E-state index contributed by atoms with van der Waals surface area (Å²) in [6.07, 6.45) is 0.369. The van der Waals surface area contributed by atoms with Crippen LogP contribution in [0.5, 0.6) is 0 Å². The van der Waals surface area contributed by atoms with E-state index in [9.17, 15) is 8.78 Å². The number of hydrogen-bond acceptors (Lipinski definition) is 2. The van der Waals surface area contributed by atoms with Crippen LogP contribution in [0.4, 0.5) is 8.78 Å². The highest BCUT2D eigenvalue weighted by Crippen LogP contribution is 2.23. The molecule has 5 heteroatoms. The first-order valence-corrected chi connectivity index (χ1v) is 7.49. The molecule has 0 aromatic heterocycles. The Morgan fingerprint density at radius 1 is 1.10 bits per heavy atom. The SMILES string of the molecule is NC(CSc1ccccc1F)Cc1cc(Cl)ccc1F. The van der Waals surface area contributed by atoms with Gasteiger partial charge in [0.2, 0.25) is 0 Å². The van der Waals surface area contributed by atoms with Crippen LogP contribution in [-0.4, -0.2) is 11.8 Å². The van der Waals surface area contributed by atoms with Crippen LogP contribution in [0, 0.1) is 11.6 Å². The van der Waals surface area contributed by atoms with Crippen molar-refractivity contribution in [1.29, 1.82) is 0 Å². The van der Waals surface area contributed by atoms with Crippen LogP contribution in [-0.2, 0) is 6.42 Å². The highest BCUT2D eigenvalue weighted by atomic mass is 35.5. The second-order valence-corrected chi connectivity index (χ2v) is 5.94. The van der Waals surface area contributed by atoms with Crippen molar-refractivity contribution in [2.24, 2.45) is 5.73 Å². The predicted molar refractivity (Wildman–Crippen MR) is 80.2 cm³/mol. The second kappa shape index (κ2) is 7.07. The molecule has 20 heavy (non-hydrogen) atoms. The van der Waals surface area contributed by atoms with Gasteiger partial charge in [-0.3, -0.25) is 0 Å². The highest BCUT2D eigenvalue weighted by Gasteiger charge is 2.11. The first kappa shape index (κ1) is 15.3. The molecule has 2 aromatic carbocycles. The maximum atomic E-state index is 13.6. The fourth-order valence-electron chi connectivity index (χ4n) is 1.80. The molecule has 0 aliphatic heterocycles. The van der Waals surface area contributed by atoms with Crippen LogP contribution >= 0.6 is 23.4 Å². The fourth-order valence-corrected chi connectivity index (χ4v) is 2.89. The average molecular weight is 314 g/mol. The monoisotopic (exact) mass is 313 g/mol. The molecule has 106 valence electrons. The summed E-state index contributed by atoms with van der Waals surface area (Å²) in [6.45, 7) is 0. The maximum Gasteiger partial charge on any atom is 0.136 e. The molecule has 2 aromatic rings. The second-order valence-electron chi connectivity index (χ2n) is 4.44. The van der Waals surface area contributed by atoms with E-state index in [1.807, 2.05) is 0 Å². The van der Waals surface area contributed by atoms with Gasteiger partial charge in [0.15, 0.2) is 0 Å². The first-order valence-electron chi connectivity index (χ1n) is 6.13. The number of hydrogen-bond donors (Lipinski definition) is 1. The summed E-state index contributed by atoms with van der Waals surface area (Å²) < 4.78 is 27.0. The largest absolute Gasteiger partial charge is 0.327 e. The molecule has 1 nitrogen and oxygen atoms in total. The lowest BCUT2D eigenvalue weighted by atomic mass is 10.1. The Bertz CT molecular complexity index is 592. The summed E-state index contributed by atoms with van der Waals surface area (Å²) in [5.74, 6) is -0.0771. The van der Waals surface area contributed by atoms with Crippen molar-refractivity contribution in [3.8, 4) is 0 Å². The van der Waals surface area contributed by atoms with E-state index in [0.29, 0.717) is 27.7 Å². The van der Waals surface area contributed by atoms with Crippen LogP contribution in [0.3, 0.4) is 0 Å². The summed E-state index contributed by atoms with van der Waals surface area (Å²) in [5, 5.41) is 0.482. The topological polar surface area (TPSA) is 26.0 Å². The molecule has 0 radical (unpaired) electrons. The van der Waals surface area contributed by atoms with Gasteiger partial charge in [0.1, 0.15) is 11.6 Å². The van der Waals surface area contributed by atoms with Crippen molar-refractivity contribution < 1.29 is 8.78 Å². The third kappa shape index (κ3) is 4.20. The van der Waals surface area contributed by atoms with Crippen molar-refractivity contribution in [2.45, 2.75) is 17.4 Å². The third-order valence-electron chi connectivity index (χ3n) is 2.78. The average Bonchev–Trinajstić information content (AvgIpc) is 2.42. The van der Waals surface area contributed by atoms with E-state index < -0.39 is 0 Å². The molecule has 0 amide bonds. The van der Waals surface area contributed by atoms with Gasteiger partial charge in [-0.25, -0.2) is 8.78 Å². The van der Waals surface area contributed by atoms with Gasteiger partial charge in [-0.1, -0.05) is 23.7 Å². The molecule has 0 aliphatic carbocycles. The van der Waals surface area contributed by atoms with E-state index in [1.54, 1.807) is 24.3 Å². The normalized spacial score (nSPS) is 12.4. The lowest BCUT2D eigenvalue weighted by Crippen LogP contribution is -2.26. The molecule has 1 unspecified atom stereocenters. The predicted octanol–water partition coefficient (Wildman–Crippen LogP) is 4.28. The maximum absolute atomic E-state index is 13.6. The van der Waals surface area contributed by atoms with Crippen LogP contribution in [0.25, 0.3) is 0 Å². The zero-order valence-corrected chi connectivity index (χ0v) is 12.2. The minimum absolute atomic E-state index is 0.265. The molecule has 0 spiro atoms. The Kier molecular flexibility index (Phi) is 5.40. The zero-order valence-electron chi connectivity index (χ0n) is 10.7. The number of thioether (sulfide) groups is 1. The Morgan fingerprint density at radius 3 is 2.60 bits per heavy atom. The van der Waals surface area contributed by atoms with E-state index in [-0.39, 0.29) is 17.7 Å². The quantitative estimate of drug-likeness (QED) is 0.834. The van der Waals surface area contributed by atoms with E-state index in [0.717, 1.165) is 0 Å². The molecular formula is C15H14ClF2NS. The molecule has 2 N–H and O–H groups in total. The summed E-state index contributed by atoms with van der Waals surface area (Å²) >= 11 is 7.16. The van der Waals surface area contributed by atoms with E-state index in [4.69, 9.17) is 17.3 Å². The number of halogens is 3. The van der Waals surface area contributed by atoms with E-state index in [2.05, 4.69) is 0 Å². The molecule has 0 saturated carbocycles. The number of nitrogens with two attached hydrogens (primary N) is 1. The van der Waals surface area contributed by atoms with Crippen LogP contribution in [0.15, 0.2) is 47.4 Å². The third-order valence-corrected chi connectivity index (χ3v) is 4.25. The van der Waals surface area contributed by atoms with Gasteiger partial charge in [-0.2, -0.15) is 0 Å². The fraction of sp³-hybridized carbons (Fsp3) is 0.200. The van der Waals surface area contributed by atoms with E-state index >= 15 is 0 Å². The van der Waals surface area contributed by atoms with Crippen LogP contribution in [0.2, 0.25) is 5.02 Å². The van der Waals surface area contributed by atoms with Crippen molar-refractivity contribution in [3.63, 3.8) is 0 Å². The molecule has 2 rings (SSSR count).